The minimum absolute atomic E-state index is 0.0905. The van der Waals surface area contributed by atoms with Crippen LogP contribution < -0.4 is 10.1 Å². The van der Waals surface area contributed by atoms with Gasteiger partial charge in [-0.1, -0.05) is 31.2 Å². The molecule has 2 unspecified atom stereocenters. The van der Waals surface area contributed by atoms with Crippen LogP contribution in [0.3, 0.4) is 0 Å². The highest BCUT2D eigenvalue weighted by Crippen LogP contribution is 2.24. The number of nitrogens with one attached hydrogen (secondary N) is 1. The highest BCUT2D eigenvalue weighted by atomic mass is 19.1. The van der Waals surface area contributed by atoms with Gasteiger partial charge in [-0.2, -0.15) is 0 Å². The van der Waals surface area contributed by atoms with Gasteiger partial charge in [0.05, 0.1) is 7.11 Å². The largest absolute Gasteiger partial charge is 0.497 e. The quantitative estimate of drug-likeness (QED) is 0.836. The van der Waals surface area contributed by atoms with Crippen molar-refractivity contribution in [3.63, 3.8) is 0 Å². The summed E-state index contributed by atoms with van der Waals surface area (Å²) in [5.74, 6) is 0.658. The summed E-state index contributed by atoms with van der Waals surface area (Å²) in [6, 6.07) is 15.1. The van der Waals surface area contributed by atoms with Gasteiger partial charge in [-0.05, 0) is 48.7 Å². The van der Waals surface area contributed by atoms with Gasteiger partial charge in [0.15, 0.2) is 0 Å². The van der Waals surface area contributed by atoms with Gasteiger partial charge in [-0.25, -0.2) is 4.39 Å². The molecule has 0 spiro atoms. The molecule has 0 amide bonds. The molecule has 2 aromatic rings. The van der Waals surface area contributed by atoms with Gasteiger partial charge in [0.25, 0.3) is 0 Å². The lowest BCUT2D eigenvalue weighted by atomic mass is 10.0. The highest BCUT2D eigenvalue weighted by Gasteiger charge is 2.14. The number of benzene rings is 2. The van der Waals surface area contributed by atoms with Crippen molar-refractivity contribution in [3.8, 4) is 5.75 Å². The van der Waals surface area contributed by atoms with Crippen molar-refractivity contribution in [1.82, 2.24) is 5.32 Å². The summed E-state index contributed by atoms with van der Waals surface area (Å²) in [6.07, 6.45) is 0.964. The van der Waals surface area contributed by atoms with Crippen LogP contribution in [-0.4, -0.2) is 7.11 Å². The molecule has 2 rings (SSSR count). The van der Waals surface area contributed by atoms with E-state index in [1.807, 2.05) is 18.2 Å². The third-order valence-corrected chi connectivity index (χ3v) is 3.73. The fraction of sp³-hybridized carbons (Fsp3) is 0.333. The molecule has 0 bridgehead atoms. The van der Waals surface area contributed by atoms with Gasteiger partial charge in [-0.3, -0.25) is 0 Å². The van der Waals surface area contributed by atoms with E-state index in [1.54, 1.807) is 19.2 Å². The summed E-state index contributed by atoms with van der Waals surface area (Å²) >= 11 is 0. The van der Waals surface area contributed by atoms with Crippen LogP contribution in [0.1, 0.15) is 43.5 Å². The monoisotopic (exact) mass is 287 g/mol. The first-order chi connectivity index (χ1) is 10.1. The molecule has 0 saturated carbocycles. The van der Waals surface area contributed by atoms with E-state index in [0.717, 1.165) is 17.7 Å². The zero-order valence-electron chi connectivity index (χ0n) is 12.8. The second-order valence-electron chi connectivity index (χ2n) is 5.18. The molecule has 2 atom stereocenters. The molecular weight excluding hydrogens is 265 g/mol. The normalized spacial score (nSPS) is 13.7. The van der Waals surface area contributed by atoms with E-state index in [9.17, 15) is 4.39 Å². The first-order valence-electron chi connectivity index (χ1n) is 7.29. The van der Waals surface area contributed by atoms with Crippen LogP contribution in [0.2, 0.25) is 0 Å². The zero-order valence-corrected chi connectivity index (χ0v) is 12.8. The summed E-state index contributed by atoms with van der Waals surface area (Å²) in [5.41, 5.74) is 2.17. The predicted molar refractivity (Wildman–Crippen MR) is 84.0 cm³/mol. The van der Waals surface area contributed by atoms with Gasteiger partial charge in [0, 0.05) is 12.1 Å². The van der Waals surface area contributed by atoms with Crippen LogP contribution in [0, 0.1) is 5.82 Å². The summed E-state index contributed by atoms with van der Waals surface area (Å²) in [6.45, 7) is 4.20. The molecule has 0 saturated heterocycles. The molecular formula is C18H22FNO. The Kier molecular flexibility index (Phi) is 5.34. The molecule has 0 heterocycles. The van der Waals surface area contributed by atoms with Gasteiger partial charge < -0.3 is 10.1 Å². The topological polar surface area (TPSA) is 21.3 Å². The third-order valence-electron chi connectivity index (χ3n) is 3.73. The number of halogens is 1. The molecule has 21 heavy (non-hydrogen) atoms. The standard InChI is InChI=1S/C18H22FNO/c1-4-18(14-8-10-17(21-3)11-9-14)20-13(2)15-6-5-7-16(19)12-15/h5-13,18,20H,4H2,1-3H3. The molecule has 3 heteroatoms. The van der Waals surface area contributed by atoms with E-state index in [1.165, 1.54) is 11.6 Å². The van der Waals surface area contributed by atoms with Gasteiger partial charge in [0.2, 0.25) is 0 Å². The van der Waals surface area contributed by atoms with Crippen LogP contribution in [0.5, 0.6) is 5.75 Å². The van der Waals surface area contributed by atoms with E-state index in [4.69, 9.17) is 4.74 Å². The van der Waals surface area contributed by atoms with E-state index >= 15 is 0 Å². The summed E-state index contributed by atoms with van der Waals surface area (Å²) in [5, 5.41) is 3.56. The highest BCUT2D eigenvalue weighted by molar-refractivity contribution is 5.29. The van der Waals surface area contributed by atoms with Crippen LogP contribution in [-0.2, 0) is 0 Å². The van der Waals surface area contributed by atoms with E-state index < -0.39 is 0 Å². The number of hydrogen-bond donors (Lipinski definition) is 1. The van der Waals surface area contributed by atoms with Crippen LogP contribution in [0.15, 0.2) is 48.5 Å². The van der Waals surface area contributed by atoms with Crippen LogP contribution in [0.25, 0.3) is 0 Å². The van der Waals surface area contributed by atoms with Crippen molar-refractivity contribution in [2.24, 2.45) is 0 Å². The molecule has 2 aromatic carbocycles. The minimum atomic E-state index is -0.196. The fourth-order valence-corrected chi connectivity index (χ4v) is 2.46. The van der Waals surface area contributed by atoms with Gasteiger partial charge in [-0.15, -0.1) is 0 Å². The fourth-order valence-electron chi connectivity index (χ4n) is 2.46. The lowest BCUT2D eigenvalue weighted by Gasteiger charge is -2.23. The first-order valence-corrected chi connectivity index (χ1v) is 7.29. The number of hydrogen-bond acceptors (Lipinski definition) is 2. The van der Waals surface area contributed by atoms with Gasteiger partial charge in [0.1, 0.15) is 11.6 Å². The minimum Gasteiger partial charge on any atom is -0.497 e. The van der Waals surface area contributed by atoms with Crippen molar-refractivity contribution in [1.29, 1.82) is 0 Å². The van der Waals surface area contributed by atoms with Crippen molar-refractivity contribution in [3.05, 3.63) is 65.5 Å². The van der Waals surface area contributed by atoms with E-state index in [0.29, 0.717) is 0 Å². The van der Waals surface area contributed by atoms with Gasteiger partial charge >= 0.3 is 0 Å². The average molecular weight is 287 g/mol. The Morgan fingerprint density at radius 3 is 2.38 bits per heavy atom. The Balaban J connectivity index is 2.10. The zero-order chi connectivity index (χ0) is 15.2. The van der Waals surface area contributed by atoms with Crippen molar-refractivity contribution >= 4 is 0 Å². The molecule has 0 aliphatic rings. The smallest absolute Gasteiger partial charge is 0.123 e. The van der Waals surface area contributed by atoms with Crippen LogP contribution in [0.4, 0.5) is 4.39 Å². The third kappa shape index (κ3) is 4.05. The number of rotatable bonds is 6. The molecule has 0 aromatic heterocycles. The lowest BCUT2D eigenvalue weighted by molar-refractivity contribution is 0.413. The summed E-state index contributed by atoms with van der Waals surface area (Å²) in [4.78, 5) is 0. The van der Waals surface area contributed by atoms with Crippen molar-refractivity contribution in [2.75, 3.05) is 7.11 Å². The second-order valence-corrected chi connectivity index (χ2v) is 5.18. The Hall–Kier alpha value is -1.87. The first kappa shape index (κ1) is 15.5. The molecule has 0 fully saturated rings. The lowest BCUT2D eigenvalue weighted by Crippen LogP contribution is -2.24. The van der Waals surface area contributed by atoms with E-state index in [-0.39, 0.29) is 17.9 Å². The second kappa shape index (κ2) is 7.23. The molecule has 1 N–H and O–H groups in total. The Morgan fingerprint density at radius 1 is 1.10 bits per heavy atom. The Morgan fingerprint density at radius 2 is 1.81 bits per heavy atom. The van der Waals surface area contributed by atoms with E-state index in [2.05, 4.69) is 31.3 Å². The molecule has 0 radical (unpaired) electrons. The molecule has 112 valence electrons. The maximum Gasteiger partial charge on any atom is 0.123 e. The summed E-state index contributed by atoms with van der Waals surface area (Å²) < 4.78 is 18.5. The number of methoxy groups -OCH3 is 1. The molecule has 0 aliphatic heterocycles. The predicted octanol–water partition coefficient (Wildman–Crippen LogP) is 4.64. The SMILES string of the molecule is CCC(NC(C)c1cccc(F)c1)c1ccc(OC)cc1. The molecule has 2 nitrogen and oxygen atoms in total. The average Bonchev–Trinajstić information content (AvgIpc) is 2.52. The maximum atomic E-state index is 13.3. The van der Waals surface area contributed by atoms with Crippen LogP contribution >= 0.6 is 0 Å². The number of ether oxygens (including phenoxy) is 1. The Bertz CT molecular complexity index is 568. The molecule has 0 aliphatic carbocycles. The Labute approximate surface area is 126 Å². The summed E-state index contributed by atoms with van der Waals surface area (Å²) in [7, 11) is 1.66. The maximum absolute atomic E-state index is 13.3. The van der Waals surface area contributed by atoms with Crippen molar-refractivity contribution < 1.29 is 9.13 Å². The van der Waals surface area contributed by atoms with Crippen molar-refractivity contribution in [2.45, 2.75) is 32.4 Å².